The van der Waals surface area contributed by atoms with Gasteiger partial charge in [-0.15, -0.1) is 0 Å². The first-order valence-corrected chi connectivity index (χ1v) is 6.86. The van der Waals surface area contributed by atoms with Gasteiger partial charge in [0.2, 0.25) is 11.8 Å². The molecule has 1 saturated heterocycles. The van der Waals surface area contributed by atoms with E-state index in [2.05, 4.69) is 5.32 Å². The first-order chi connectivity index (χ1) is 8.61. The molecule has 0 radical (unpaired) electrons. The number of carbonyl (C=O) groups is 2. The summed E-state index contributed by atoms with van der Waals surface area (Å²) in [5, 5.41) is 3.11. The van der Waals surface area contributed by atoms with Crippen LogP contribution in [0.25, 0.3) is 0 Å². The van der Waals surface area contributed by atoms with E-state index in [1.54, 1.807) is 11.9 Å². The lowest BCUT2D eigenvalue weighted by molar-refractivity contribution is -0.128. The molecule has 5 heteroatoms. The van der Waals surface area contributed by atoms with E-state index in [0.717, 1.165) is 19.3 Å². The average molecular weight is 253 g/mol. The SMILES string of the molecule is CN1CC(C(=O)NC2CCCCC2CN)CC1=O. The topological polar surface area (TPSA) is 75.4 Å². The van der Waals surface area contributed by atoms with Crippen LogP contribution < -0.4 is 11.1 Å². The molecular weight excluding hydrogens is 230 g/mol. The minimum absolute atomic E-state index is 0.0260. The van der Waals surface area contributed by atoms with E-state index in [1.165, 1.54) is 6.42 Å². The fourth-order valence-electron chi connectivity index (χ4n) is 3.02. The molecule has 2 amide bonds. The first kappa shape index (κ1) is 13.3. The smallest absolute Gasteiger partial charge is 0.225 e. The second-order valence-corrected chi connectivity index (χ2v) is 5.57. The number of hydrogen-bond donors (Lipinski definition) is 2. The highest BCUT2D eigenvalue weighted by Gasteiger charge is 2.34. The Balaban J connectivity index is 1.88. The zero-order chi connectivity index (χ0) is 13.1. The zero-order valence-corrected chi connectivity index (χ0v) is 11.0. The van der Waals surface area contributed by atoms with Crippen molar-refractivity contribution in [2.45, 2.75) is 38.1 Å². The monoisotopic (exact) mass is 253 g/mol. The summed E-state index contributed by atoms with van der Waals surface area (Å²) in [7, 11) is 1.75. The highest BCUT2D eigenvalue weighted by atomic mass is 16.2. The van der Waals surface area contributed by atoms with Gasteiger partial charge in [0.1, 0.15) is 0 Å². The molecule has 5 nitrogen and oxygen atoms in total. The molecule has 1 saturated carbocycles. The quantitative estimate of drug-likeness (QED) is 0.749. The number of amides is 2. The average Bonchev–Trinajstić information content (AvgIpc) is 2.70. The van der Waals surface area contributed by atoms with Gasteiger partial charge in [-0.25, -0.2) is 0 Å². The van der Waals surface area contributed by atoms with Gasteiger partial charge in [-0.2, -0.15) is 0 Å². The fraction of sp³-hybridized carbons (Fsp3) is 0.846. The van der Waals surface area contributed by atoms with Crippen LogP contribution in [0.4, 0.5) is 0 Å². The Labute approximate surface area is 108 Å². The van der Waals surface area contributed by atoms with E-state index in [-0.39, 0.29) is 23.8 Å². The Kier molecular flexibility index (Phi) is 4.22. The third kappa shape index (κ3) is 2.83. The van der Waals surface area contributed by atoms with E-state index in [0.29, 0.717) is 25.4 Å². The summed E-state index contributed by atoms with van der Waals surface area (Å²) in [5.41, 5.74) is 5.75. The molecule has 102 valence electrons. The molecule has 0 aromatic heterocycles. The van der Waals surface area contributed by atoms with Crippen molar-refractivity contribution in [2.75, 3.05) is 20.1 Å². The summed E-state index contributed by atoms with van der Waals surface area (Å²) in [6.45, 7) is 1.18. The number of nitrogens with two attached hydrogens (primary N) is 1. The molecule has 1 aliphatic carbocycles. The largest absolute Gasteiger partial charge is 0.353 e. The number of likely N-dealkylation sites (tertiary alicyclic amines) is 1. The third-order valence-electron chi connectivity index (χ3n) is 4.25. The molecule has 18 heavy (non-hydrogen) atoms. The Morgan fingerprint density at radius 3 is 2.78 bits per heavy atom. The van der Waals surface area contributed by atoms with E-state index in [1.807, 2.05) is 0 Å². The van der Waals surface area contributed by atoms with Crippen LogP contribution in [0.5, 0.6) is 0 Å². The van der Waals surface area contributed by atoms with Crippen molar-refractivity contribution in [1.29, 1.82) is 0 Å². The van der Waals surface area contributed by atoms with Crippen molar-refractivity contribution in [2.24, 2.45) is 17.6 Å². The van der Waals surface area contributed by atoms with Crippen molar-refractivity contribution in [3.8, 4) is 0 Å². The Hall–Kier alpha value is -1.10. The second kappa shape index (κ2) is 5.69. The first-order valence-electron chi connectivity index (χ1n) is 6.86. The normalized spacial score (nSPS) is 32.7. The lowest BCUT2D eigenvalue weighted by Crippen LogP contribution is -2.47. The van der Waals surface area contributed by atoms with E-state index >= 15 is 0 Å². The summed E-state index contributed by atoms with van der Waals surface area (Å²) < 4.78 is 0. The van der Waals surface area contributed by atoms with Crippen LogP contribution in [0.1, 0.15) is 32.1 Å². The van der Waals surface area contributed by atoms with Gasteiger partial charge >= 0.3 is 0 Å². The van der Waals surface area contributed by atoms with Gasteiger partial charge in [-0.1, -0.05) is 12.8 Å². The van der Waals surface area contributed by atoms with Gasteiger partial charge in [0, 0.05) is 26.1 Å². The molecule has 3 atom stereocenters. The van der Waals surface area contributed by atoms with Gasteiger partial charge < -0.3 is 16.0 Å². The van der Waals surface area contributed by atoms with Crippen LogP contribution >= 0.6 is 0 Å². The summed E-state index contributed by atoms with van der Waals surface area (Å²) in [4.78, 5) is 25.2. The number of nitrogens with zero attached hydrogens (tertiary/aromatic N) is 1. The summed E-state index contributed by atoms with van der Waals surface area (Å²) in [6.07, 6.45) is 4.83. The highest BCUT2D eigenvalue weighted by Crippen LogP contribution is 2.24. The maximum atomic E-state index is 12.1. The standard InChI is InChI=1S/C13H23N3O2/c1-16-8-10(6-12(16)17)13(18)15-11-5-3-2-4-9(11)7-14/h9-11H,2-8,14H2,1H3,(H,15,18). The van der Waals surface area contributed by atoms with Gasteiger partial charge in [0.25, 0.3) is 0 Å². The molecule has 1 aliphatic heterocycles. The maximum absolute atomic E-state index is 12.1. The Morgan fingerprint density at radius 1 is 1.44 bits per heavy atom. The highest BCUT2D eigenvalue weighted by molar-refractivity contribution is 5.89. The second-order valence-electron chi connectivity index (χ2n) is 5.57. The van der Waals surface area contributed by atoms with Crippen LogP contribution in [0.15, 0.2) is 0 Å². The number of carbonyl (C=O) groups excluding carboxylic acids is 2. The van der Waals surface area contributed by atoms with Crippen molar-refractivity contribution >= 4 is 11.8 Å². The molecule has 2 fully saturated rings. The molecular formula is C13H23N3O2. The van der Waals surface area contributed by atoms with Gasteiger partial charge in [0.05, 0.1) is 5.92 Å². The molecule has 0 bridgehead atoms. The molecule has 1 heterocycles. The molecule has 3 unspecified atom stereocenters. The molecule has 2 rings (SSSR count). The van der Waals surface area contributed by atoms with Crippen LogP contribution in [0.3, 0.4) is 0 Å². The van der Waals surface area contributed by atoms with Crippen LogP contribution in [0.2, 0.25) is 0 Å². The summed E-state index contributed by atoms with van der Waals surface area (Å²) >= 11 is 0. The van der Waals surface area contributed by atoms with Gasteiger partial charge in [-0.3, -0.25) is 9.59 Å². The third-order valence-corrected chi connectivity index (χ3v) is 4.25. The number of nitrogens with one attached hydrogen (secondary N) is 1. The number of hydrogen-bond acceptors (Lipinski definition) is 3. The van der Waals surface area contributed by atoms with Crippen LogP contribution in [-0.2, 0) is 9.59 Å². The molecule has 0 spiro atoms. The lowest BCUT2D eigenvalue weighted by atomic mass is 9.84. The minimum Gasteiger partial charge on any atom is -0.353 e. The number of rotatable bonds is 3. The summed E-state index contributed by atoms with van der Waals surface area (Å²) in [5.74, 6) is 0.313. The molecule has 2 aliphatic rings. The van der Waals surface area contributed by atoms with E-state index < -0.39 is 0 Å². The van der Waals surface area contributed by atoms with E-state index in [9.17, 15) is 9.59 Å². The predicted octanol–water partition coefficient (Wildman–Crippen LogP) is 0.0984. The van der Waals surface area contributed by atoms with Gasteiger partial charge in [0.15, 0.2) is 0 Å². The van der Waals surface area contributed by atoms with E-state index in [4.69, 9.17) is 5.73 Å². The van der Waals surface area contributed by atoms with Crippen molar-refractivity contribution in [1.82, 2.24) is 10.2 Å². The van der Waals surface area contributed by atoms with Crippen LogP contribution in [0, 0.1) is 11.8 Å². The van der Waals surface area contributed by atoms with Crippen molar-refractivity contribution in [3.63, 3.8) is 0 Å². The van der Waals surface area contributed by atoms with Gasteiger partial charge in [-0.05, 0) is 25.3 Å². The Morgan fingerprint density at radius 2 is 2.17 bits per heavy atom. The fourth-order valence-corrected chi connectivity index (χ4v) is 3.02. The molecule has 0 aromatic carbocycles. The zero-order valence-electron chi connectivity index (χ0n) is 11.0. The van der Waals surface area contributed by atoms with Crippen molar-refractivity contribution < 1.29 is 9.59 Å². The predicted molar refractivity (Wildman–Crippen MR) is 68.7 cm³/mol. The minimum atomic E-state index is -0.178. The molecule has 3 N–H and O–H groups in total. The summed E-state index contributed by atoms with van der Waals surface area (Å²) in [6, 6.07) is 0.206. The molecule has 0 aromatic rings. The van der Waals surface area contributed by atoms with Crippen LogP contribution in [-0.4, -0.2) is 42.9 Å². The van der Waals surface area contributed by atoms with Crippen molar-refractivity contribution in [3.05, 3.63) is 0 Å². The Bertz CT molecular complexity index is 332. The lowest BCUT2D eigenvalue weighted by Gasteiger charge is -2.32. The maximum Gasteiger partial charge on any atom is 0.225 e.